The summed E-state index contributed by atoms with van der Waals surface area (Å²) in [5.41, 5.74) is 6.74. The molecule has 17 heavy (non-hydrogen) atoms. The van der Waals surface area contributed by atoms with Gasteiger partial charge in [0.2, 0.25) is 0 Å². The van der Waals surface area contributed by atoms with E-state index in [-0.39, 0.29) is 0 Å². The molecule has 0 radical (unpaired) electrons. The van der Waals surface area contributed by atoms with Gasteiger partial charge in [-0.2, -0.15) is 0 Å². The zero-order chi connectivity index (χ0) is 12.3. The minimum absolute atomic E-state index is 0.576. The van der Waals surface area contributed by atoms with E-state index >= 15 is 0 Å². The SMILES string of the molecule is Cc1ccc(N2CCN(CC(N)=S)CC2)nc1. The number of hydrogen-bond donors (Lipinski definition) is 1. The van der Waals surface area contributed by atoms with Crippen molar-refractivity contribution in [3.63, 3.8) is 0 Å². The third-order valence-corrected chi connectivity index (χ3v) is 3.10. The summed E-state index contributed by atoms with van der Waals surface area (Å²) in [4.78, 5) is 9.61. The van der Waals surface area contributed by atoms with Crippen LogP contribution in [0.4, 0.5) is 5.82 Å². The number of nitrogens with zero attached hydrogens (tertiary/aromatic N) is 3. The molecule has 2 rings (SSSR count). The van der Waals surface area contributed by atoms with E-state index in [4.69, 9.17) is 18.0 Å². The van der Waals surface area contributed by atoms with E-state index in [1.807, 2.05) is 6.20 Å². The molecule has 2 N–H and O–H groups in total. The van der Waals surface area contributed by atoms with Crippen LogP contribution in [0, 0.1) is 6.92 Å². The molecule has 0 saturated carbocycles. The van der Waals surface area contributed by atoms with Crippen LogP contribution in [0.3, 0.4) is 0 Å². The molecular weight excluding hydrogens is 232 g/mol. The van der Waals surface area contributed by atoms with Gasteiger partial charge in [0, 0.05) is 38.9 Å². The van der Waals surface area contributed by atoms with Gasteiger partial charge in [-0.1, -0.05) is 18.3 Å². The molecule has 92 valence electrons. The van der Waals surface area contributed by atoms with Crippen LogP contribution in [0.1, 0.15) is 5.56 Å². The van der Waals surface area contributed by atoms with Gasteiger partial charge < -0.3 is 10.6 Å². The Balaban J connectivity index is 1.90. The molecule has 0 bridgehead atoms. The second-order valence-electron chi connectivity index (χ2n) is 4.42. The summed E-state index contributed by atoms with van der Waals surface area (Å²) in [5.74, 6) is 1.06. The fraction of sp³-hybridized carbons (Fsp3) is 0.500. The zero-order valence-electron chi connectivity index (χ0n) is 10.1. The van der Waals surface area contributed by atoms with E-state index in [9.17, 15) is 0 Å². The van der Waals surface area contributed by atoms with Crippen molar-refractivity contribution >= 4 is 23.0 Å². The van der Waals surface area contributed by atoms with E-state index in [1.165, 1.54) is 5.56 Å². The van der Waals surface area contributed by atoms with E-state index < -0.39 is 0 Å². The van der Waals surface area contributed by atoms with Gasteiger partial charge in [-0.3, -0.25) is 4.90 Å². The molecule has 0 atom stereocenters. The Kier molecular flexibility index (Phi) is 3.91. The van der Waals surface area contributed by atoms with Crippen LogP contribution in [-0.4, -0.2) is 47.6 Å². The Morgan fingerprint density at radius 2 is 2.06 bits per heavy atom. The highest BCUT2D eigenvalue weighted by molar-refractivity contribution is 7.80. The van der Waals surface area contributed by atoms with Crippen molar-refractivity contribution in [3.05, 3.63) is 23.9 Å². The number of thiocarbonyl (C=S) groups is 1. The maximum Gasteiger partial charge on any atom is 0.128 e. The number of nitrogens with two attached hydrogens (primary N) is 1. The first-order valence-electron chi connectivity index (χ1n) is 5.83. The Bertz CT molecular complexity index is 382. The van der Waals surface area contributed by atoms with Gasteiger partial charge in [-0.25, -0.2) is 4.98 Å². The van der Waals surface area contributed by atoms with Gasteiger partial charge in [0.15, 0.2) is 0 Å². The molecule has 4 nitrogen and oxygen atoms in total. The third-order valence-electron chi connectivity index (χ3n) is 2.97. The molecule has 5 heteroatoms. The quantitative estimate of drug-likeness (QED) is 0.804. The lowest BCUT2D eigenvalue weighted by molar-refractivity contribution is 0.291. The summed E-state index contributed by atoms with van der Waals surface area (Å²) in [6.07, 6.45) is 1.91. The lowest BCUT2D eigenvalue weighted by Gasteiger charge is -2.35. The minimum atomic E-state index is 0.576. The van der Waals surface area contributed by atoms with Gasteiger partial charge in [-0.05, 0) is 18.6 Å². The first-order valence-corrected chi connectivity index (χ1v) is 6.24. The van der Waals surface area contributed by atoms with Crippen LogP contribution in [0.25, 0.3) is 0 Å². The Morgan fingerprint density at radius 3 is 2.59 bits per heavy atom. The van der Waals surface area contributed by atoms with Crippen LogP contribution in [-0.2, 0) is 0 Å². The maximum absolute atomic E-state index is 5.55. The molecule has 0 aliphatic carbocycles. The molecule has 1 aliphatic heterocycles. The van der Waals surface area contributed by atoms with Gasteiger partial charge in [0.25, 0.3) is 0 Å². The average molecular weight is 250 g/mol. The van der Waals surface area contributed by atoms with E-state index in [1.54, 1.807) is 0 Å². The molecule has 1 fully saturated rings. The van der Waals surface area contributed by atoms with Crippen molar-refractivity contribution in [2.75, 3.05) is 37.6 Å². The summed E-state index contributed by atoms with van der Waals surface area (Å²) in [7, 11) is 0. The van der Waals surface area contributed by atoms with E-state index in [0.29, 0.717) is 4.99 Å². The second-order valence-corrected chi connectivity index (χ2v) is 4.95. The summed E-state index contributed by atoms with van der Waals surface area (Å²) >= 11 is 4.92. The van der Waals surface area contributed by atoms with Crippen molar-refractivity contribution in [2.24, 2.45) is 5.73 Å². The highest BCUT2D eigenvalue weighted by Crippen LogP contribution is 2.13. The average Bonchev–Trinajstić information content (AvgIpc) is 2.30. The topological polar surface area (TPSA) is 45.4 Å². The molecular formula is C12H18N4S. The first-order chi connectivity index (χ1) is 8.15. The number of pyridine rings is 1. The fourth-order valence-corrected chi connectivity index (χ4v) is 2.19. The third kappa shape index (κ3) is 3.38. The lowest BCUT2D eigenvalue weighted by Crippen LogP contribution is -2.48. The molecule has 0 spiro atoms. The largest absolute Gasteiger partial charge is 0.392 e. The number of piperazine rings is 1. The van der Waals surface area contributed by atoms with Crippen LogP contribution >= 0.6 is 12.2 Å². The van der Waals surface area contributed by atoms with Gasteiger partial charge in [0.1, 0.15) is 5.82 Å². The van der Waals surface area contributed by atoms with Gasteiger partial charge in [-0.15, -0.1) is 0 Å². The Hall–Kier alpha value is -1.20. The summed E-state index contributed by atoms with van der Waals surface area (Å²) < 4.78 is 0. The Morgan fingerprint density at radius 1 is 1.35 bits per heavy atom. The first kappa shape index (κ1) is 12.3. The normalized spacial score (nSPS) is 17.1. The molecule has 1 aliphatic rings. The number of hydrogen-bond acceptors (Lipinski definition) is 4. The molecule has 0 amide bonds. The number of aromatic nitrogens is 1. The number of anilines is 1. The predicted octanol–water partition coefficient (Wildman–Crippen LogP) is 0.798. The zero-order valence-corrected chi connectivity index (χ0v) is 10.9. The van der Waals surface area contributed by atoms with E-state index in [0.717, 1.165) is 38.5 Å². The fourth-order valence-electron chi connectivity index (χ4n) is 2.00. The van der Waals surface area contributed by atoms with Crippen molar-refractivity contribution in [1.29, 1.82) is 0 Å². The molecule has 2 heterocycles. The number of aryl methyl sites for hydroxylation is 1. The molecule has 1 aromatic heterocycles. The molecule has 1 saturated heterocycles. The van der Waals surface area contributed by atoms with Crippen molar-refractivity contribution in [1.82, 2.24) is 9.88 Å². The highest BCUT2D eigenvalue weighted by Gasteiger charge is 2.17. The Labute approximate surface area is 107 Å². The summed E-state index contributed by atoms with van der Waals surface area (Å²) in [6, 6.07) is 4.18. The standard InChI is InChI=1S/C12H18N4S/c1-10-2-3-12(14-8-10)16-6-4-15(5-7-16)9-11(13)17/h2-3,8H,4-7,9H2,1H3,(H2,13,17). The monoisotopic (exact) mass is 250 g/mol. The smallest absolute Gasteiger partial charge is 0.128 e. The van der Waals surface area contributed by atoms with Crippen LogP contribution in [0.2, 0.25) is 0 Å². The molecule has 1 aromatic rings. The van der Waals surface area contributed by atoms with Gasteiger partial charge in [0.05, 0.1) is 4.99 Å². The maximum atomic E-state index is 5.55. The van der Waals surface area contributed by atoms with E-state index in [2.05, 4.69) is 33.8 Å². The van der Waals surface area contributed by atoms with Crippen LogP contribution < -0.4 is 10.6 Å². The molecule has 0 aromatic carbocycles. The molecule has 0 unspecified atom stereocenters. The van der Waals surface area contributed by atoms with Crippen LogP contribution in [0.5, 0.6) is 0 Å². The van der Waals surface area contributed by atoms with Crippen molar-refractivity contribution in [2.45, 2.75) is 6.92 Å². The highest BCUT2D eigenvalue weighted by atomic mass is 32.1. The lowest BCUT2D eigenvalue weighted by atomic mass is 10.2. The predicted molar refractivity (Wildman–Crippen MR) is 74.4 cm³/mol. The second kappa shape index (κ2) is 5.42. The number of rotatable bonds is 3. The summed E-state index contributed by atoms with van der Waals surface area (Å²) in [5, 5.41) is 0. The van der Waals surface area contributed by atoms with Crippen molar-refractivity contribution in [3.8, 4) is 0 Å². The van der Waals surface area contributed by atoms with Crippen molar-refractivity contribution < 1.29 is 0 Å². The van der Waals surface area contributed by atoms with Crippen LogP contribution in [0.15, 0.2) is 18.3 Å². The minimum Gasteiger partial charge on any atom is -0.392 e. The summed E-state index contributed by atoms with van der Waals surface area (Å²) in [6.45, 7) is 6.73. The van der Waals surface area contributed by atoms with Gasteiger partial charge >= 0.3 is 0 Å².